The molecule has 1 fully saturated rings. The number of hydrogen-bond acceptors (Lipinski definition) is 5. The fraction of sp³-hybridized carbons (Fsp3) is 0.667. The largest absolute Gasteiger partial charge is 0.353 e. The van der Waals surface area contributed by atoms with Crippen molar-refractivity contribution in [2.45, 2.75) is 19.5 Å². The van der Waals surface area contributed by atoms with Crippen LogP contribution < -0.4 is 10.6 Å². The second-order valence-electron chi connectivity index (χ2n) is 5.00. The summed E-state index contributed by atoms with van der Waals surface area (Å²) in [6.45, 7) is 4.79. The van der Waals surface area contributed by atoms with Crippen LogP contribution in [-0.4, -0.2) is 48.3 Å². The molecular formula is C12H21N5. The van der Waals surface area contributed by atoms with Crippen LogP contribution >= 0.6 is 0 Å². The third kappa shape index (κ3) is 2.56. The highest BCUT2D eigenvalue weighted by molar-refractivity contribution is 5.39. The number of nitrogens with two attached hydrogens (primary N) is 1. The van der Waals surface area contributed by atoms with Gasteiger partial charge in [0.25, 0.3) is 0 Å². The number of likely N-dealkylation sites (N-methyl/N-ethyl adjacent to an activating group) is 1. The van der Waals surface area contributed by atoms with Crippen LogP contribution in [0.4, 0.5) is 5.82 Å². The van der Waals surface area contributed by atoms with Crippen LogP contribution in [0.1, 0.15) is 12.6 Å². The Kier molecular flexibility index (Phi) is 3.59. The number of hydrogen-bond donors (Lipinski definition) is 1. The van der Waals surface area contributed by atoms with Crippen molar-refractivity contribution in [1.29, 1.82) is 0 Å². The fourth-order valence-corrected chi connectivity index (χ4v) is 2.44. The van der Waals surface area contributed by atoms with Gasteiger partial charge in [0, 0.05) is 25.7 Å². The van der Waals surface area contributed by atoms with Gasteiger partial charge in [-0.2, -0.15) is 5.10 Å². The molecule has 1 saturated heterocycles. The second kappa shape index (κ2) is 4.98. The summed E-state index contributed by atoms with van der Waals surface area (Å²) in [7, 11) is 4.27. The van der Waals surface area contributed by atoms with Crippen molar-refractivity contribution in [3.05, 3.63) is 17.8 Å². The van der Waals surface area contributed by atoms with Crippen molar-refractivity contribution < 1.29 is 0 Å². The maximum atomic E-state index is 5.51. The van der Waals surface area contributed by atoms with Gasteiger partial charge in [-0.25, -0.2) is 0 Å². The van der Waals surface area contributed by atoms with Gasteiger partial charge in [-0.05, 0) is 32.1 Å². The van der Waals surface area contributed by atoms with Crippen LogP contribution in [0.15, 0.2) is 12.1 Å². The van der Waals surface area contributed by atoms with Crippen molar-refractivity contribution in [3.63, 3.8) is 0 Å². The molecule has 94 valence electrons. The molecule has 0 bridgehead atoms. The molecule has 2 N–H and O–H groups in total. The summed E-state index contributed by atoms with van der Waals surface area (Å²) in [5.41, 5.74) is 6.35. The lowest BCUT2D eigenvalue weighted by Gasteiger charge is -2.22. The molecule has 0 aliphatic carbocycles. The van der Waals surface area contributed by atoms with Gasteiger partial charge in [0.05, 0.1) is 5.69 Å². The lowest BCUT2D eigenvalue weighted by molar-refractivity contribution is 0.266. The Labute approximate surface area is 103 Å². The van der Waals surface area contributed by atoms with Crippen LogP contribution in [0, 0.1) is 5.92 Å². The standard InChI is InChI=1S/C12H21N5/c1-9-7-17(8-11(9)16(2)3)12-5-4-10(6-13)14-15-12/h4-5,9,11H,6-8,13H2,1-3H3. The van der Waals surface area contributed by atoms with Gasteiger partial charge in [0.15, 0.2) is 5.82 Å². The predicted octanol–water partition coefficient (Wildman–Crippen LogP) is 0.322. The van der Waals surface area contributed by atoms with Gasteiger partial charge < -0.3 is 15.5 Å². The molecule has 0 amide bonds. The maximum absolute atomic E-state index is 5.51. The zero-order chi connectivity index (χ0) is 12.4. The first-order valence-electron chi connectivity index (χ1n) is 6.06. The van der Waals surface area contributed by atoms with Crippen LogP contribution in [0.25, 0.3) is 0 Å². The molecule has 5 nitrogen and oxygen atoms in total. The van der Waals surface area contributed by atoms with E-state index in [4.69, 9.17) is 5.73 Å². The molecule has 1 aliphatic heterocycles. The Morgan fingerprint density at radius 3 is 2.59 bits per heavy atom. The minimum Gasteiger partial charge on any atom is -0.353 e. The van der Waals surface area contributed by atoms with Gasteiger partial charge in [0.1, 0.15) is 0 Å². The van der Waals surface area contributed by atoms with Crippen molar-refractivity contribution in [2.75, 3.05) is 32.1 Å². The minimum absolute atomic E-state index is 0.448. The molecule has 2 heterocycles. The first-order valence-corrected chi connectivity index (χ1v) is 6.06. The molecule has 5 heteroatoms. The van der Waals surface area contributed by atoms with Crippen LogP contribution in [0.3, 0.4) is 0 Å². The van der Waals surface area contributed by atoms with Crippen LogP contribution in [0.5, 0.6) is 0 Å². The van der Waals surface area contributed by atoms with E-state index in [2.05, 4.69) is 41.0 Å². The lowest BCUT2D eigenvalue weighted by atomic mass is 10.1. The van der Waals surface area contributed by atoms with Gasteiger partial charge in [-0.1, -0.05) is 6.92 Å². The van der Waals surface area contributed by atoms with Crippen LogP contribution in [0.2, 0.25) is 0 Å². The summed E-state index contributed by atoms with van der Waals surface area (Å²) in [4.78, 5) is 4.58. The first kappa shape index (κ1) is 12.3. The quantitative estimate of drug-likeness (QED) is 0.817. The Hall–Kier alpha value is -1.20. The van der Waals surface area contributed by atoms with Crippen molar-refractivity contribution in [3.8, 4) is 0 Å². The molecule has 0 radical (unpaired) electrons. The van der Waals surface area contributed by atoms with Gasteiger partial charge in [-0.15, -0.1) is 5.10 Å². The van der Waals surface area contributed by atoms with Crippen LogP contribution in [-0.2, 0) is 6.54 Å². The lowest BCUT2D eigenvalue weighted by Crippen LogP contribution is -2.34. The molecule has 2 rings (SSSR count). The topological polar surface area (TPSA) is 58.3 Å². The molecule has 1 aromatic rings. The predicted molar refractivity (Wildman–Crippen MR) is 68.8 cm³/mol. The molecule has 0 aromatic carbocycles. The Bertz CT molecular complexity index is 362. The Morgan fingerprint density at radius 1 is 1.35 bits per heavy atom. The number of nitrogens with zero attached hydrogens (tertiary/aromatic N) is 4. The smallest absolute Gasteiger partial charge is 0.151 e. The summed E-state index contributed by atoms with van der Waals surface area (Å²) < 4.78 is 0. The number of rotatable bonds is 3. The molecule has 2 atom stereocenters. The number of aromatic nitrogens is 2. The fourth-order valence-electron chi connectivity index (χ4n) is 2.44. The highest BCUT2D eigenvalue weighted by Gasteiger charge is 2.31. The second-order valence-corrected chi connectivity index (χ2v) is 5.00. The first-order chi connectivity index (χ1) is 8.11. The molecular weight excluding hydrogens is 214 g/mol. The third-order valence-electron chi connectivity index (χ3n) is 3.47. The minimum atomic E-state index is 0.448. The normalized spacial score (nSPS) is 24.6. The van der Waals surface area contributed by atoms with Crippen molar-refractivity contribution >= 4 is 5.82 Å². The third-order valence-corrected chi connectivity index (χ3v) is 3.47. The van der Waals surface area contributed by atoms with E-state index in [1.165, 1.54) is 0 Å². The van der Waals surface area contributed by atoms with Crippen molar-refractivity contribution in [2.24, 2.45) is 11.7 Å². The average Bonchev–Trinajstić information content (AvgIpc) is 2.71. The highest BCUT2D eigenvalue weighted by atomic mass is 15.3. The van der Waals surface area contributed by atoms with Gasteiger partial charge in [-0.3, -0.25) is 0 Å². The molecule has 0 saturated carbocycles. The van der Waals surface area contributed by atoms with E-state index in [1.54, 1.807) is 0 Å². The highest BCUT2D eigenvalue weighted by Crippen LogP contribution is 2.24. The summed E-state index contributed by atoms with van der Waals surface area (Å²) in [5, 5.41) is 8.34. The van der Waals surface area contributed by atoms with E-state index < -0.39 is 0 Å². The molecule has 1 aromatic heterocycles. The summed E-state index contributed by atoms with van der Waals surface area (Å²) in [6, 6.07) is 4.56. The molecule has 2 unspecified atom stereocenters. The van der Waals surface area contributed by atoms with E-state index in [1.807, 2.05) is 12.1 Å². The average molecular weight is 235 g/mol. The monoisotopic (exact) mass is 235 g/mol. The van der Waals surface area contributed by atoms with E-state index in [-0.39, 0.29) is 0 Å². The number of anilines is 1. The van der Waals surface area contributed by atoms with E-state index in [9.17, 15) is 0 Å². The maximum Gasteiger partial charge on any atom is 0.151 e. The van der Waals surface area contributed by atoms with E-state index >= 15 is 0 Å². The summed E-state index contributed by atoms with van der Waals surface area (Å²) >= 11 is 0. The van der Waals surface area contributed by atoms with Gasteiger partial charge >= 0.3 is 0 Å². The Balaban J connectivity index is 2.08. The molecule has 1 aliphatic rings. The Morgan fingerprint density at radius 2 is 2.12 bits per heavy atom. The molecule has 17 heavy (non-hydrogen) atoms. The van der Waals surface area contributed by atoms with Crippen molar-refractivity contribution in [1.82, 2.24) is 15.1 Å². The molecule has 0 spiro atoms. The SMILES string of the molecule is CC1CN(c2ccc(CN)nn2)CC1N(C)C. The summed E-state index contributed by atoms with van der Waals surface area (Å²) in [5.74, 6) is 1.61. The van der Waals surface area contributed by atoms with E-state index in [0.717, 1.165) is 24.6 Å². The van der Waals surface area contributed by atoms with E-state index in [0.29, 0.717) is 18.5 Å². The van der Waals surface area contributed by atoms with Gasteiger partial charge in [0.2, 0.25) is 0 Å². The zero-order valence-corrected chi connectivity index (χ0v) is 10.8. The summed E-state index contributed by atoms with van der Waals surface area (Å²) in [6.07, 6.45) is 0. The zero-order valence-electron chi connectivity index (χ0n) is 10.8.